The molecule has 30 heavy (non-hydrogen) atoms. The number of carbonyl (C=O) groups excluding carboxylic acids is 2. The van der Waals surface area contributed by atoms with Crippen molar-refractivity contribution in [3.05, 3.63) is 54.1 Å². The van der Waals surface area contributed by atoms with E-state index in [9.17, 15) is 9.59 Å². The molecule has 0 aromatic heterocycles. The van der Waals surface area contributed by atoms with Crippen LogP contribution in [0.5, 0.6) is 5.75 Å². The van der Waals surface area contributed by atoms with E-state index in [-0.39, 0.29) is 24.5 Å². The summed E-state index contributed by atoms with van der Waals surface area (Å²) in [5.41, 5.74) is 1.32. The van der Waals surface area contributed by atoms with Gasteiger partial charge in [-0.2, -0.15) is 0 Å². The molecule has 2 heterocycles. The monoisotopic (exact) mass is 426 g/mol. The molecule has 1 saturated heterocycles. The van der Waals surface area contributed by atoms with Gasteiger partial charge in [-0.15, -0.1) is 11.8 Å². The van der Waals surface area contributed by atoms with Gasteiger partial charge in [-0.05, 0) is 37.1 Å². The minimum absolute atomic E-state index is 0.127. The first-order valence-electron chi connectivity index (χ1n) is 10.2. The minimum atomic E-state index is -0.731. The Morgan fingerprint density at radius 1 is 1.13 bits per heavy atom. The molecule has 2 aliphatic rings. The Morgan fingerprint density at radius 2 is 1.90 bits per heavy atom. The maximum absolute atomic E-state index is 13.6. The Hall–Kier alpha value is -2.51. The number of carbonyl (C=O) groups is 2. The summed E-state index contributed by atoms with van der Waals surface area (Å²) in [4.78, 5) is 30.3. The summed E-state index contributed by atoms with van der Waals surface area (Å²) in [6.07, 6.45) is 1.67. The Bertz CT molecular complexity index is 927. The fraction of sp³-hybridized carbons (Fsp3) is 0.391. The smallest absolute Gasteiger partial charge is 0.265 e. The van der Waals surface area contributed by atoms with Gasteiger partial charge in [0.2, 0.25) is 0 Å². The van der Waals surface area contributed by atoms with Gasteiger partial charge in [0, 0.05) is 31.4 Å². The highest BCUT2D eigenvalue weighted by Gasteiger charge is 2.35. The highest BCUT2D eigenvalue weighted by molar-refractivity contribution is 7.99. The number of amides is 2. The summed E-state index contributed by atoms with van der Waals surface area (Å²) in [5.74, 6) is 1.08. The van der Waals surface area contributed by atoms with Crippen molar-refractivity contribution < 1.29 is 19.1 Å². The first kappa shape index (κ1) is 20.8. The minimum Gasteiger partial charge on any atom is -0.476 e. The molecule has 0 aliphatic carbocycles. The molecular weight excluding hydrogens is 400 g/mol. The third-order valence-electron chi connectivity index (χ3n) is 5.30. The molecule has 2 aromatic carbocycles. The number of para-hydroxylation sites is 2. The second-order valence-corrected chi connectivity index (χ2v) is 8.73. The molecule has 2 aromatic rings. The predicted molar refractivity (Wildman–Crippen MR) is 117 cm³/mol. The molecular formula is C23H26N2O4S. The number of anilines is 1. The van der Waals surface area contributed by atoms with Gasteiger partial charge >= 0.3 is 0 Å². The zero-order valence-corrected chi connectivity index (χ0v) is 18.1. The number of thioether (sulfide) groups is 1. The van der Waals surface area contributed by atoms with Crippen LogP contribution in [0.15, 0.2) is 53.4 Å². The molecule has 158 valence electrons. The standard InChI is InChI=1S/C23H26N2O4S/c1-24(2)23(27)20-14-25(18-10-4-5-11-19(18)29-20)22(26)17-9-3-6-12-21(17)30-15-16-8-7-13-28-16/h3-6,9-12,16,20H,7-8,13-15H2,1-2H3/t16-,20+/m1/s1. The molecule has 2 atom stereocenters. The summed E-state index contributed by atoms with van der Waals surface area (Å²) in [6.45, 7) is 0.995. The molecule has 2 aliphatic heterocycles. The topological polar surface area (TPSA) is 59.1 Å². The quantitative estimate of drug-likeness (QED) is 0.686. The molecule has 4 rings (SSSR count). The summed E-state index contributed by atoms with van der Waals surface area (Å²) < 4.78 is 11.6. The van der Waals surface area contributed by atoms with Crippen molar-refractivity contribution in [2.45, 2.75) is 29.9 Å². The van der Waals surface area contributed by atoms with Crippen LogP contribution in [-0.2, 0) is 9.53 Å². The fourth-order valence-electron chi connectivity index (χ4n) is 3.72. The number of fused-ring (bicyclic) bond motifs is 1. The van der Waals surface area contributed by atoms with Crippen LogP contribution in [-0.4, -0.2) is 61.9 Å². The summed E-state index contributed by atoms with van der Waals surface area (Å²) in [6, 6.07) is 15.0. The van der Waals surface area contributed by atoms with Crippen LogP contribution in [0.1, 0.15) is 23.2 Å². The van der Waals surface area contributed by atoms with E-state index in [1.54, 1.807) is 36.8 Å². The maximum Gasteiger partial charge on any atom is 0.265 e. The lowest BCUT2D eigenvalue weighted by atomic mass is 10.1. The molecule has 0 N–H and O–H groups in total. The molecule has 6 nitrogen and oxygen atoms in total. The van der Waals surface area contributed by atoms with Crippen molar-refractivity contribution >= 4 is 29.3 Å². The van der Waals surface area contributed by atoms with E-state index in [0.717, 1.165) is 30.1 Å². The van der Waals surface area contributed by atoms with Crippen LogP contribution in [0.4, 0.5) is 5.69 Å². The van der Waals surface area contributed by atoms with Crippen molar-refractivity contribution in [2.75, 3.05) is 37.9 Å². The first-order valence-corrected chi connectivity index (χ1v) is 11.2. The molecule has 1 fully saturated rings. The highest BCUT2D eigenvalue weighted by Crippen LogP contribution is 2.36. The molecule has 0 unspecified atom stereocenters. The number of nitrogens with zero attached hydrogens (tertiary/aromatic N) is 2. The zero-order chi connectivity index (χ0) is 21.1. The summed E-state index contributed by atoms with van der Waals surface area (Å²) in [7, 11) is 3.38. The second-order valence-electron chi connectivity index (χ2n) is 7.66. The average molecular weight is 427 g/mol. The average Bonchev–Trinajstić information content (AvgIpc) is 3.29. The fourth-order valence-corrected chi connectivity index (χ4v) is 4.83. The molecule has 0 radical (unpaired) electrons. The summed E-state index contributed by atoms with van der Waals surface area (Å²) in [5, 5.41) is 0. The van der Waals surface area contributed by atoms with Crippen LogP contribution in [0, 0.1) is 0 Å². The van der Waals surface area contributed by atoms with E-state index in [0.29, 0.717) is 17.0 Å². The Balaban J connectivity index is 1.61. The van der Waals surface area contributed by atoms with Gasteiger partial charge in [-0.25, -0.2) is 0 Å². The normalized spacial score (nSPS) is 20.4. The SMILES string of the molecule is CN(C)C(=O)[C@@H]1CN(C(=O)c2ccccc2SC[C@H]2CCCO2)c2ccccc2O1. The number of rotatable bonds is 5. The first-order chi connectivity index (χ1) is 14.5. The third-order valence-corrected chi connectivity index (χ3v) is 6.51. The van der Waals surface area contributed by atoms with Crippen LogP contribution in [0.25, 0.3) is 0 Å². The lowest BCUT2D eigenvalue weighted by Gasteiger charge is -2.35. The van der Waals surface area contributed by atoms with Crippen LogP contribution >= 0.6 is 11.8 Å². The number of hydrogen-bond acceptors (Lipinski definition) is 5. The van der Waals surface area contributed by atoms with Gasteiger partial charge in [-0.1, -0.05) is 24.3 Å². The van der Waals surface area contributed by atoms with Gasteiger partial charge in [0.05, 0.1) is 23.9 Å². The van der Waals surface area contributed by atoms with E-state index in [1.807, 2.05) is 42.5 Å². The van der Waals surface area contributed by atoms with Gasteiger partial charge in [0.1, 0.15) is 5.75 Å². The Morgan fingerprint density at radius 3 is 2.67 bits per heavy atom. The highest BCUT2D eigenvalue weighted by atomic mass is 32.2. The predicted octanol–water partition coefficient (Wildman–Crippen LogP) is 3.45. The molecule has 7 heteroatoms. The van der Waals surface area contributed by atoms with Crippen LogP contribution in [0.2, 0.25) is 0 Å². The van der Waals surface area contributed by atoms with E-state index >= 15 is 0 Å². The number of ether oxygens (including phenoxy) is 2. The second kappa shape index (κ2) is 9.10. The Kier molecular flexibility index (Phi) is 6.29. The largest absolute Gasteiger partial charge is 0.476 e. The van der Waals surface area contributed by atoms with E-state index in [1.165, 1.54) is 4.90 Å². The molecule has 0 saturated carbocycles. The van der Waals surface area contributed by atoms with Crippen LogP contribution < -0.4 is 9.64 Å². The molecule has 0 bridgehead atoms. The van der Waals surface area contributed by atoms with Gasteiger partial charge < -0.3 is 19.3 Å². The van der Waals surface area contributed by atoms with E-state index in [4.69, 9.17) is 9.47 Å². The molecule has 0 spiro atoms. The molecule has 2 amide bonds. The number of benzene rings is 2. The van der Waals surface area contributed by atoms with E-state index in [2.05, 4.69) is 0 Å². The van der Waals surface area contributed by atoms with Crippen molar-refractivity contribution in [1.29, 1.82) is 0 Å². The lowest BCUT2D eigenvalue weighted by molar-refractivity contribution is -0.135. The van der Waals surface area contributed by atoms with Crippen LogP contribution in [0.3, 0.4) is 0 Å². The third kappa shape index (κ3) is 4.32. The van der Waals surface area contributed by atoms with Crippen molar-refractivity contribution in [1.82, 2.24) is 4.90 Å². The van der Waals surface area contributed by atoms with Gasteiger partial charge in [0.15, 0.2) is 6.10 Å². The Labute approximate surface area is 181 Å². The summed E-state index contributed by atoms with van der Waals surface area (Å²) >= 11 is 1.65. The van der Waals surface area contributed by atoms with Crippen molar-refractivity contribution in [3.8, 4) is 5.75 Å². The van der Waals surface area contributed by atoms with Gasteiger partial charge in [0.25, 0.3) is 11.8 Å². The van der Waals surface area contributed by atoms with Gasteiger partial charge in [-0.3, -0.25) is 9.59 Å². The lowest BCUT2D eigenvalue weighted by Crippen LogP contribution is -2.50. The zero-order valence-electron chi connectivity index (χ0n) is 17.2. The number of hydrogen-bond donors (Lipinski definition) is 0. The number of likely N-dealkylation sites (N-methyl/N-ethyl adjacent to an activating group) is 1. The van der Waals surface area contributed by atoms with E-state index < -0.39 is 6.10 Å². The van der Waals surface area contributed by atoms with Crippen molar-refractivity contribution in [3.63, 3.8) is 0 Å². The maximum atomic E-state index is 13.6. The van der Waals surface area contributed by atoms with Crippen molar-refractivity contribution in [2.24, 2.45) is 0 Å².